The molecular formula is C12H12O5. The van der Waals surface area contributed by atoms with Crippen LogP contribution in [0.25, 0.3) is 0 Å². The minimum Gasteiger partial charge on any atom is -0.493 e. The van der Waals surface area contributed by atoms with E-state index in [1.165, 1.54) is 14.2 Å². The van der Waals surface area contributed by atoms with Gasteiger partial charge >= 0.3 is 0 Å². The molecule has 90 valence electrons. The second-order valence-corrected chi connectivity index (χ2v) is 3.59. The first-order valence-corrected chi connectivity index (χ1v) is 5.07. The Morgan fingerprint density at radius 3 is 1.71 bits per heavy atom. The van der Waals surface area contributed by atoms with E-state index in [9.17, 15) is 9.59 Å². The van der Waals surface area contributed by atoms with E-state index >= 15 is 0 Å². The molecule has 5 heteroatoms. The van der Waals surface area contributed by atoms with Crippen molar-refractivity contribution in [3.63, 3.8) is 0 Å². The second-order valence-electron chi connectivity index (χ2n) is 3.59. The van der Waals surface area contributed by atoms with Crippen LogP contribution < -0.4 is 9.47 Å². The fourth-order valence-corrected chi connectivity index (χ4v) is 1.92. The Hall–Kier alpha value is -1.88. The van der Waals surface area contributed by atoms with E-state index in [0.29, 0.717) is 35.2 Å². The quantitative estimate of drug-likeness (QED) is 0.735. The van der Waals surface area contributed by atoms with Gasteiger partial charge in [0.15, 0.2) is 24.1 Å². The molecule has 5 nitrogen and oxygen atoms in total. The topological polar surface area (TPSA) is 61.8 Å². The van der Waals surface area contributed by atoms with Gasteiger partial charge < -0.3 is 23.8 Å². The predicted molar refractivity (Wildman–Crippen MR) is 58.2 cm³/mol. The monoisotopic (exact) mass is 236 g/mol. The number of ether oxygens (including phenoxy) is 3. The molecule has 0 aromatic heterocycles. The highest BCUT2D eigenvalue weighted by molar-refractivity contribution is 5.71. The summed E-state index contributed by atoms with van der Waals surface area (Å²) >= 11 is 0. The molecule has 0 spiro atoms. The molecular weight excluding hydrogens is 224 g/mol. The average molecular weight is 236 g/mol. The van der Waals surface area contributed by atoms with Crippen molar-refractivity contribution in [3.8, 4) is 11.5 Å². The van der Waals surface area contributed by atoms with Gasteiger partial charge in [-0.2, -0.15) is 0 Å². The highest BCUT2D eigenvalue weighted by atomic mass is 16.5. The standard InChI is InChI=1S/C12H12O5/c1-15-9-3-7-8(4-10(9)16-2)12(6-14)17-11(7)5-13/h3-6,11-12H,1-2H3. The summed E-state index contributed by atoms with van der Waals surface area (Å²) in [5.74, 6) is 1.02. The molecule has 2 unspecified atom stereocenters. The van der Waals surface area contributed by atoms with Crippen LogP contribution in [0.4, 0.5) is 0 Å². The van der Waals surface area contributed by atoms with Crippen LogP contribution >= 0.6 is 0 Å². The minimum absolute atomic E-state index is 0.508. The van der Waals surface area contributed by atoms with Crippen LogP contribution in [-0.2, 0) is 14.3 Å². The number of aldehydes is 2. The molecule has 1 aromatic rings. The molecule has 1 aromatic carbocycles. The third kappa shape index (κ3) is 1.78. The predicted octanol–water partition coefficient (Wildman–Crippen LogP) is 1.21. The summed E-state index contributed by atoms with van der Waals surface area (Å²) < 4.78 is 15.6. The Labute approximate surface area is 98.3 Å². The number of benzene rings is 1. The SMILES string of the molecule is COc1cc2c(cc1OC)C(C=O)OC2C=O. The van der Waals surface area contributed by atoms with Crippen molar-refractivity contribution in [1.29, 1.82) is 0 Å². The largest absolute Gasteiger partial charge is 0.493 e. The van der Waals surface area contributed by atoms with Crippen molar-refractivity contribution in [2.24, 2.45) is 0 Å². The zero-order chi connectivity index (χ0) is 12.4. The number of hydrogen-bond acceptors (Lipinski definition) is 5. The molecule has 1 aliphatic rings. The summed E-state index contributed by atoms with van der Waals surface area (Å²) in [6.45, 7) is 0. The Morgan fingerprint density at radius 2 is 1.41 bits per heavy atom. The lowest BCUT2D eigenvalue weighted by Gasteiger charge is -2.10. The van der Waals surface area contributed by atoms with Crippen molar-refractivity contribution in [3.05, 3.63) is 23.3 Å². The second kappa shape index (κ2) is 4.55. The molecule has 0 saturated carbocycles. The lowest BCUT2D eigenvalue weighted by atomic mass is 10.0. The molecule has 0 bridgehead atoms. The van der Waals surface area contributed by atoms with E-state index in [1.54, 1.807) is 12.1 Å². The fourth-order valence-electron chi connectivity index (χ4n) is 1.92. The van der Waals surface area contributed by atoms with Gasteiger partial charge in [-0.3, -0.25) is 0 Å². The zero-order valence-electron chi connectivity index (χ0n) is 9.51. The molecule has 0 amide bonds. The smallest absolute Gasteiger partial charge is 0.161 e. The first-order valence-electron chi connectivity index (χ1n) is 5.07. The number of carbonyl (C=O) groups excluding carboxylic acids is 2. The molecule has 0 N–H and O–H groups in total. The molecule has 1 heterocycles. The van der Waals surface area contributed by atoms with Crippen LogP contribution in [0.5, 0.6) is 11.5 Å². The normalized spacial score (nSPS) is 21.8. The summed E-state index contributed by atoms with van der Waals surface area (Å²) in [4.78, 5) is 21.7. The van der Waals surface area contributed by atoms with Crippen molar-refractivity contribution >= 4 is 12.6 Å². The Balaban J connectivity index is 2.56. The van der Waals surface area contributed by atoms with Gasteiger partial charge in [0.1, 0.15) is 12.2 Å². The van der Waals surface area contributed by atoms with Gasteiger partial charge in [-0.25, -0.2) is 0 Å². The zero-order valence-corrected chi connectivity index (χ0v) is 9.51. The number of hydrogen-bond donors (Lipinski definition) is 0. The molecule has 0 radical (unpaired) electrons. The summed E-state index contributed by atoms with van der Waals surface area (Å²) in [5.41, 5.74) is 1.30. The molecule has 0 aliphatic carbocycles. The van der Waals surface area contributed by atoms with E-state index in [2.05, 4.69) is 0 Å². The molecule has 2 rings (SSSR count). The minimum atomic E-state index is -0.722. The van der Waals surface area contributed by atoms with Crippen molar-refractivity contribution in [2.45, 2.75) is 12.2 Å². The van der Waals surface area contributed by atoms with E-state index in [4.69, 9.17) is 14.2 Å². The fraction of sp³-hybridized carbons (Fsp3) is 0.333. The van der Waals surface area contributed by atoms with Crippen LogP contribution in [0.3, 0.4) is 0 Å². The Kier molecular flexibility index (Phi) is 3.10. The lowest BCUT2D eigenvalue weighted by molar-refractivity contribution is -0.127. The van der Waals surface area contributed by atoms with Crippen LogP contribution in [0.1, 0.15) is 23.3 Å². The summed E-state index contributed by atoms with van der Waals surface area (Å²) in [7, 11) is 3.01. The maximum atomic E-state index is 10.9. The Morgan fingerprint density at radius 1 is 1.00 bits per heavy atom. The number of carbonyl (C=O) groups is 2. The summed E-state index contributed by atoms with van der Waals surface area (Å²) in [5, 5.41) is 0. The van der Waals surface area contributed by atoms with Crippen LogP contribution in [0, 0.1) is 0 Å². The third-order valence-electron chi connectivity index (χ3n) is 2.74. The number of fused-ring (bicyclic) bond motifs is 1. The van der Waals surface area contributed by atoms with Crippen molar-refractivity contribution < 1.29 is 23.8 Å². The van der Waals surface area contributed by atoms with Gasteiger partial charge in [0.2, 0.25) is 0 Å². The first kappa shape index (κ1) is 11.6. The molecule has 0 saturated heterocycles. The van der Waals surface area contributed by atoms with Crippen molar-refractivity contribution in [1.82, 2.24) is 0 Å². The van der Waals surface area contributed by atoms with E-state index in [1.807, 2.05) is 0 Å². The van der Waals surface area contributed by atoms with Gasteiger partial charge in [0.05, 0.1) is 14.2 Å². The Bertz CT molecular complexity index is 413. The number of methoxy groups -OCH3 is 2. The highest BCUT2D eigenvalue weighted by Crippen LogP contribution is 2.42. The molecule has 1 aliphatic heterocycles. The average Bonchev–Trinajstić information content (AvgIpc) is 2.73. The first-order chi connectivity index (χ1) is 8.24. The van der Waals surface area contributed by atoms with E-state index in [0.717, 1.165) is 0 Å². The van der Waals surface area contributed by atoms with Gasteiger partial charge in [-0.05, 0) is 23.3 Å². The molecule has 17 heavy (non-hydrogen) atoms. The number of rotatable bonds is 4. The maximum Gasteiger partial charge on any atom is 0.161 e. The van der Waals surface area contributed by atoms with E-state index in [-0.39, 0.29) is 0 Å². The summed E-state index contributed by atoms with van der Waals surface area (Å²) in [6, 6.07) is 3.33. The van der Waals surface area contributed by atoms with Crippen LogP contribution in [0.15, 0.2) is 12.1 Å². The van der Waals surface area contributed by atoms with Gasteiger partial charge in [-0.15, -0.1) is 0 Å². The van der Waals surface area contributed by atoms with Gasteiger partial charge in [0, 0.05) is 0 Å². The molecule has 0 fully saturated rings. The van der Waals surface area contributed by atoms with Gasteiger partial charge in [-0.1, -0.05) is 0 Å². The lowest BCUT2D eigenvalue weighted by Crippen LogP contribution is -1.99. The van der Waals surface area contributed by atoms with Crippen LogP contribution in [0.2, 0.25) is 0 Å². The third-order valence-corrected chi connectivity index (χ3v) is 2.74. The van der Waals surface area contributed by atoms with Crippen molar-refractivity contribution in [2.75, 3.05) is 14.2 Å². The molecule has 2 atom stereocenters. The maximum absolute atomic E-state index is 10.9. The van der Waals surface area contributed by atoms with Crippen LogP contribution in [-0.4, -0.2) is 26.8 Å². The highest BCUT2D eigenvalue weighted by Gasteiger charge is 2.33. The summed E-state index contributed by atoms with van der Waals surface area (Å²) in [6.07, 6.45) is -0.123. The van der Waals surface area contributed by atoms with E-state index < -0.39 is 12.2 Å². The van der Waals surface area contributed by atoms with Gasteiger partial charge in [0.25, 0.3) is 0 Å².